The molecule has 0 radical (unpaired) electrons. The van der Waals surface area contributed by atoms with Gasteiger partial charge in [-0.1, -0.05) is 84.9 Å². The van der Waals surface area contributed by atoms with E-state index >= 15 is 0 Å². The number of fused-ring (bicyclic) bond motifs is 6. The smallest absolute Gasteiger partial charge is 0.227 e. The molecule has 0 aliphatic carbocycles. The maximum absolute atomic E-state index is 6.32. The van der Waals surface area contributed by atoms with Crippen LogP contribution in [0.15, 0.2) is 167 Å². The number of furan rings is 1. The standard InChI is InChI=1S/C41H26N2O2/c1-3-10-27(11-4-1)29-14-9-15-31(24-29)43(33-20-22-36-35-16-7-8-17-37(35)44-39(36)26-33)32-19-21-34-30(25-32)18-23-38-40(34)42-41(45-38)28-12-5-2-6-13-28/h1-26H. The van der Waals surface area contributed by atoms with E-state index in [1.54, 1.807) is 0 Å². The van der Waals surface area contributed by atoms with Crippen molar-refractivity contribution in [3.8, 4) is 22.6 Å². The number of oxazole rings is 1. The van der Waals surface area contributed by atoms with Gasteiger partial charge in [0.2, 0.25) is 5.89 Å². The molecule has 0 atom stereocenters. The summed E-state index contributed by atoms with van der Waals surface area (Å²) in [6, 6.07) is 54.5. The quantitative estimate of drug-likeness (QED) is 0.204. The Balaban J connectivity index is 1.22. The van der Waals surface area contributed by atoms with Crippen LogP contribution in [0.3, 0.4) is 0 Å². The van der Waals surface area contributed by atoms with Crippen molar-refractivity contribution in [2.24, 2.45) is 0 Å². The van der Waals surface area contributed by atoms with E-state index in [4.69, 9.17) is 13.8 Å². The number of hydrogen-bond acceptors (Lipinski definition) is 4. The monoisotopic (exact) mass is 578 g/mol. The average Bonchev–Trinajstić information content (AvgIpc) is 3.71. The highest BCUT2D eigenvalue weighted by Crippen LogP contribution is 2.41. The van der Waals surface area contributed by atoms with Gasteiger partial charge < -0.3 is 13.7 Å². The fourth-order valence-corrected chi connectivity index (χ4v) is 6.31. The molecule has 0 aliphatic heterocycles. The lowest BCUT2D eigenvalue weighted by Gasteiger charge is -2.26. The summed E-state index contributed by atoms with van der Waals surface area (Å²) >= 11 is 0. The Morgan fingerprint density at radius 3 is 1.91 bits per heavy atom. The molecule has 0 saturated heterocycles. The molecule has 0 fully saturated rings. The predicted octanol–water partition coefficient (Wildman–Crippen LogP) is 11.7. The van der Waals surface area contributed by atoms with Crippen LogP contribution in [0, 0.1) is 0 Å². The molecule has 0 spiro atoms. The number of aromatic nitrogens is 1. The summed E-state index contributed by atoms with van der Waals surface area (Å²) in [4.78, 5) is 7.20. The summed E-state index contributed by atoms with van der Waals surface area (Å²) in [5.74, 6) is 0.626. The number of hydrogen-bond donors (Lipinski definition) is 0. The zero-order valence-corrected chi connectivity index (χ0v) is 24.2. The van der Waals surface area contributed by atoms with Gasteiger partial charge in [0.1, 0.15) is 16.7 Å². The molecule has 0 amide bonds. The molecular weight excluding hydrogens is 552 g/mol. The maximum atomic E-state index is 6.32. The fraction of sp³-hybridized carbons (Fsp3) is 0. The SMILES string of the molecule is c1ccc(-c2cccc(N(c3ccc4c(ccc5oc(-c6ccccc6)nc54)c3)c3ccc4c(c3)oc3ccccc34)c2)cc1. The van der Waals surface area contributed by atoms with Crippen LogP contribution in [0.25, 0.3) is 66.4 Å². The van der Waals surface area contributed by atoms with Crippen LogP contribution in [0.4, 0.5) is 17.1 Å². The van der Waals surface area contributed by atoms with Crippen LogP contribution in [-0.2, 0) is 0 Å². The molecule has 2 aromatic heterocycles. The minimum atomic E-state index is 0.626. The minimum Gasteiger partial charge on any atom is -0.456 e. The molecule has 9 rings (SSSR count). The van der Waals surface area contributed by atoms with Gasteiger partial charge in [-0.2, -0.15) is 0 Å². The van der Waals surface area contributed by atoms with Crippen LogP contribution in [0.5, 0.6) is 0 Å². The summed E-state index contributed by atoms with van der Waals surface area (Å²) in [5.41, 5.74) is 9.78. The number of anilines is 3. The van der Waals surface area contributed by atoms with Crippen LogP contribution in [0.1, 0.15) is 0 Å². The molecular formula is C41H26N2O2. The molecule has 4 heteroatoms. The van der Waals surface area contributed by atoms with Gasteiger partial charge in [-0.3, -0.25) is 0 Å². The normalized spacial score (nSPS) is 11.6. The third-order valence-corrected chi connectivity index (χ3v) is 8.47. The molecule has 45 heavy (non-hydrogen) atoms. The van der Waals surface area contributed by atoms with E-state index in [0.29, 0.717) is 5.89 Å². The Hall–Kier alpha value is -6.13. The van der Waals surface area contributed by atoms with E-state index in [-0.39, 0.29) is 0 Å². The first-order chi connectivity index (χ1) is 22.3. The third-order valence-electron chi connectivity index (χ3n) is 8.47. The van der Waals surface area contributed by atoms with Gasteiger partial charge in [0.15, 0.2) is 5.58 Å². The summed E-state index contributed by atoms with van der Waals surface area (Å²) in [7, 11) is 0. The molecule has 9 aromatic rings. The number of benzene rings is 7. The third kappa shape index (κ3) is 4.35. The Bertz CT molecular complexity index is 2490. The Kier molecular flexibility index (Phi) is 5.78. The van der Waals surface area contributed by atoms with E-state index in [1.807, 2.05) is 54.6 Å². The van der Waals surface area contributed by atoms with Gasteiger partial charge in [-0.25, -0.2) is 4.98 Å². The van der Waals surface area contributed by atoms with Crippen molar-refractivity contribution in [2.45, 2.75) is 0 Å². The largest absolute Gasteiger partial charge is 0.456 e. The van der Waals surface area contributed by atoms with Crippen molar-refractivity contribution < 1.29 is 8.83 Å². The zero-order chi connectivity index (χ0) is 29.7. The highest BCUT2D eigenvalue weighted by atomic mass is 16.3. The number of rotatable bonds is 5. The van der Waals surface area contributed by atoms with E-state index in [0.717, 1.165) is 72.0 Å². The average molecular weight is 579 g/mol. The lowest BCUT2D eigenvalue weighted by Crippen LogP contribution is -2.10. The number of para-hydroxylation sites is 1. The van der Waals surface area contributed by atoms with E-state index in [9.17, 15) is 0 Å². The lowest BCUT2D eigenvalue weighted by atomic mass is 10.0. The highest BCUT2D eigenvalue weighted by molar-refractivity contribution is 6.07. The second-order valence-corrected chi connectivity index (χ2v) is 11.2. The first-order valence-electron chi connectivity index (χ1n) is 15.0. The molecule has 7 aromatic carbocycles. The number of nitrogens with zero attached hydrogens (tertiary/aromatic N) is 2. The molecule has 0 aliphatic rings. The van der Waals surface area contributed by atoms with Gasteiger partial charge >= 0.3 is 0 Å². The highest BCUT2D eigenvalue weighted by Gasteiger charge is 2.18. The Morgan fingerprint density at radius 2 is 1.07 bits per heavy atom. The first kappa shape index (κ1) is 25.4. The summed E-state index contributed by atoms with van der Waals surface area (Å²) < 4.78 is 12.5. The molecule has 212 valence electrons. The second kappa shape index (κ2) is 10.2. The minimum absolute atomic E-state index is 0.626. The van der Waals surface area contributed by atoms with Gasteiger partial charge in [0.05, 0.1) is 0 Å². The topological polar surface area (TPSA) is 42.4 Å². The summed E-state index contributed by atoms with van der Waals surface area (Å²) in [5, 5.41) is 4.36. The van der Waals surface area contributed by atoms with E-state index < -0.39 is 0 Å². The molecule has 2 heterocycles. The summed E-state index contributed by atoms with van der Waals surface area (Å²) in [6.07, 6.45) is 0. The molecule has 0 unspecified atom stereocenters. The molecule has 0 N–H and O–H groups in total. The van der Waals surface area contributed by atoms with Crippen LogP contribution in [0.2, 0.25) is 0 Å². The van der Waals surface area contributed by atoms with Crippen molar-refractivity contribution in [1.82, 2.24) is 4.98 Å². The first-order valence-corrected chi connectivity index (χ1v) is 15.0. The van der Waals surface area contributed by atoms with Crippen LogP contribution >= 0.6 is 0 Å². The zero-order valence-electron chi connectivity index (χ0n) is 24.2. The lowest BCUT2D eigenvalue weighted by molar-refractivity contribution is 0.620. The summed E-state index contributed by atoms with van der Waals surface area (Å²) in [6.45, 7) is 0. The van der Waals surface area contributed by atoms with E-state index in [1.165, 1.54) is 5.56 Å². The van der Waals surface area contributed by atoms with Gasteiger partial charge in [-0.05, 0) is 83.2 Å². The van der Waals surface area contributed by atoms with Crippen molar-refractivity contribution >= 4 is 60.9 Å². The van der Waals surface area contributed by atoms with Crippen LogP contribution < -0.4 is 4.90 Å². The fourth-order valence-electron chi connectivity index (χ4n) is 6.31. The Labute approximate surface area is 259 Å². The molecule has 0 bridgehead atoms. The van der Waals surface area contributed by atoms with Crippen molar-refractivity contribution in [2.75, 3.05) is 4.90 Å². The maximum Gasteiger partial charge on any atom is 0.227 e. The van der Waals surface area contributed by atoms with Crippen molar-refractivity contribution in [1.29, 1.82) is 0 Å². The molecule has 0 saturated carbocycles. The van der Waals surface area contributed by atoms with Crippen LogP contribution in [-0.4, -0.2) is 4.98 Å². The van der Waals surface area contributed by atoms with Crippen molar-refractivity contribution in [3.05, 3.63) is 158 Å². The van der Waals surface area contributed by atoms with Gasteiger partial charge in [-0.15, -0.1) is 0 Å². The van der Waals surface area contributed by atoms with E-state index in [2.05, 4.69) is 108 Å². The second-order valence-electron chi connectivity index (χ2n) is 11.2. The van der Waals surface area contributed by atoms with Gasteiger partial charge in [0.25, 0.3) is 0 Å². The van der Waals surface area contributed by atoms with Gasteiger partial charge in [0, 0.05) is 44.9 Å². The molecule has 4 nitrogen and oxygen atoms in total. The van der Waals surface area contributed by atoms with Crippen molar-refractivity contribution in [3.63, 3.8) is 0 Å². The predicted molar refractivity (Wildman–Crippen MR) is 184 cm³/mol. The Morgan fingerprint density at radius 1 is 0.400 bits per heavy atom.